The summed E-state index contributed by atoms with van der Waals surface area (Å²) in [6.45, 7) is 3.67. The number of aliphatic hydroxyl groups is 1. The molecule has 2 heterocycles. The molecule has 2 aromatic carbocycles. The van der Waals surface area contributed by atoms with Crippen LogP contribution in [-0.2, 0) is 21.3 Å². The molecule has 9 nitrogen and oxygen atoms in total. The lowest BCUT2D eigenvalue weighted by atomic mass is 10.1. The summed E-state index contributed by atoms with van der Waals surface area (Å²) < 4.78 is 31.6. The summed E-state index contributed by atoms with van der Waals surface area (Å²) in [5.74, 6) is 0.113. The second kappa shape index (κ2) is 10.7. The molecule has 4 rings (SSSR count). The largest absolute Gasteiger partial charge is 0.389 e. The number of hydrogen-bond acceptors (Lipinski definition) is 9. The van der Waals surface area contributed by atoms with Crippen LogP contribution in [0.15, 0.2) is 71.9 Å². The first-order valence-corrected chi connectivity index (χ1v) is 13.5. The van der Waals surface area contributed by atoms with Gasteiger partial charge < -0.3 is 14.6 Å². The average molecular weight is 528 g/mol. The number of nitrogens with two attached hydrogens (primary N) is 1. The SMILES string of the molecule is CC(C)(O)CNc1ccc(S(=O)(=O)Oc2ccc3nc([NH2+]C(=O)CCc4cccnc4)sc3c2)cc1. The number of quaternary nitrogens is 1. The van der Waals surface area contributed by atoms with Crippen molar-refractivity contribution in [1.29, 1.82) is 0 Å². The number of aryl methyl sites for hydroxylation is 1. The third-order valence-corrected chi connectivity index (χ3v) is 7.34. The minimum atomic E-state index is -4.05. The monoisotopic (exact) mass is 527 g/mol. The Hall–Kier alpha value is -3.38. The molecular formula is C25H27N4O5S2+. The number of thiazole rings is 1. The van der Waals surface area contributed by atoms with E-state index in [1.54, 1.807) is 50.5 Å². The minimum Gasteiger partial charge on any atom is -0.389 e. The van der Waals surface area contributed by atoms with Crippen LogP contribution in [0, 0.1) is 0 Å². The highest BCUT2D eigenvalue weighted by Gasteiger charge is 2.19. The van der Waals surface area contributed by atoms with E-state index in [-0.39, 0.29) is 16.6 Å². The van der Waals surface area contributed by atoms with Gasteiger partial charge in [-0.2, -0.15) is 13.4 Å². The number of nitrogens with zero attached hydrogens (tertiary/aromatic N) is 2. The maximum atomic E-state index is 12.8. The first-order chi connectivity index (χ1) is 17.1. The second-order valence-electron chi connectivity index (χ2n) is 8.88. The molecule has 0 spiro atoms. The van der Waals surface area contributed by atoms with E-state index in [2.05, 4.69) is 15.3 Å². The van der Waals surface area contributed by atoms with Gasteiger partial charge in [-0.1, -0.05) is 17.4 Å². The molecule has 11 heteroatoms. The van der Waals surface area contributed by atoms with Crippen LogP contribution in [0.1, 0.15) is 25.8 Å². The number of fused-ring (bicyclic) bond motifs is 1. The highest BCUT2D eigenvalue weighted by molar-refractivity contribution is 7.87. The number of carbonyl (C=O) groups is 1. The van der Waals surface area contributed by atoms with Gasteiger partial charge in [-0.25, -0.2) is 10.1 Å². The summed E-state index contributed by atoms with van der Waals surface area (Å²) in [6, 6.07) is 14.7. The molecule has 0 aliphatic rings. The van der Waals surface area contributed by atoms with Crippen LogP contribution in [0.4, 0.5) is 10.8 Å². The molecule has 0 saturated heterocycles. The number of anilines is 1. The summed E-state index contributed by atoms with van der Waals surface area (Å²) >= 11 is 1.29. The molecule has 0 aliphatic heterocycles. The van der Waals surface area contributed by atoms with E-state index in [0.717, 1.165) is 5.56 Å². The van der Waals surface area contributed by atoms with Crippen LogP contribution in [-0.4, -0.2) is 41.5 Å². The molecule has 36 heavy (non-hydrogen) atoms. The zero-order valence-corrected chi connectivity index (χ0v) is 21.5. The highest BCUT2D eigenvalue weighted by atomic mass is 32.2. The van der Waals surface area contributed by atoms with Crippen molar-refractivity contribution in [2.45, 2.75) is 37.2 Å². The van der Waals surface area contributed by atoms with Gasteiger partial charge >= 0.3 is 16.0 Å². The van der Waals surface area contributed by atoms with Crippen LogP contribution >= 0.6 is 11.3 Å². The summed E-state index contributed by atoms with van der Waals surface area (Å²) in [5.41, 5.74) is 1.43. The Morgan fingerprint density at radius 2 is 1.94 bits per heavy atom. The normalized spacial score (nSPS) is 12.0. The van der Waals surface area contributed by atoms with E-state index >= 15 is 0 Å². The Balaban J connectivity index is 1.39. The second-order valence-corrected chi connectivity index (χ2v) is 11.5. The predicted octanol–water partition coefficient (Wildman–Crippen LogP) is 3.00. The zero-order valence-electron chi connectivity index (χ0n) is 19.8. The van der Waals surface area contributed by atoms with Crippen molar-refractivity contribution in [3.8, 4) is 5.75 Å². The van der Waals surface area contributed by atoms with E-state index in [4.69, 9.17) is 4.18 Å². The van der Waals surface area contributed by atoms with Crippen molar-refractivity contribution in [3.63, 3.8) is 0 Å². The fourth-order valence-corrected chi connectivity index (χ4v) is 5.17. The number of hydrogen-bond donors (Lipinski definition) is 3. The molecular weight excluding hydrogens is 500 g/mol. The number of nitrogens with one attached hydrogen (secondary N) is 1. The van der Waals surface area contributed by atoms with Gasteiger partial charge in [0, 0.05) is 30.7 Å². The van der Waals surface area contributed by atoms with E-state index in [1.165, 1.54) is 34.9 Å². The van der Waals surface area contributed by atoms with Gasteiger partial charge in [0.2, 0.25) is 0 Å². The van der Waals surface area contributed by atoms with Gasteiger partial charge in [0.1, 0.15) is 10.6 Å². The first-order valence-electron chi connectivity index (χ1n) is 11.3. The first kappa shape index (κ1) is 25.7. The van der Waals surface area contributed by atoms with Crippen molar-refractivity contribution in [2.75, 3.05) is 11.9 Å². The van der Waals surface area contributed by atoms with Crippen LogP contribution < -0.4 is 14.8 Å². The number of primary amides is 1. The van der Waals surface area contributed by atoms with Gasteiger partial charge in [-0.3, -0.25) is 4.98 Å². The Morgan fingerprint density at radius 1 is 1.17 bits per heavy atom. The highest BCUT2D eigenvalue weighted by Crippen LogP contribution is 2.29. The molecule has 188 valence electrons. The van der Waals surface area contributed by atoms with Gasteiger partial charge in [-0.05, 0) is 68.3 Å². The number of pyridine rings is 1. The topological polar surface area (TPSA) is 135 Å². The lowest BCUT2D eigenvalue weighted by Gasteiger charge is -2.18. The zero-order chi connectivity index (χ0) is 25.8. The molecule has 0 aliphatic carbocycles. The number of benzene rings is 2. The van der Waals surface area contributed by atoms with Crippen LogP contribution in [0.5, 0.6) is 5.75 Å². The van der Waals surface area contributed by atoms with E-state index in [1.807, 2.05) is 12.1 Å². The lowest BCUT2D eigenvalue weighted by Crippen LogP contribution is -2.82. The Labute approximate surface area is 213 Å². The summed E-state index contributed by atoms with van der Waals surface area (Å²) in [6.07, 6.45) is 4.38. The number of amides is 1. The van der Waals surface area contributed by atoms with E-state index < -0.39 is 15.7 Å². The number of rotatable bonds is 10. The van der Waals surface area contributed by atoms with Gasteiger partial charge in [0.15, 0.2) is 0 Å². The maximum Gasteiger partial charge on any atom is 0.339 e. The molecule has 0 atom stereocenters. The smallest absolute Gasteiger partial charge is 0.339 e. The molecule has 2 aromatic heterocycles. The van der Waals surface area contributed by atoms with Gasteiger partial charge in [0.25, 0.3) is 5.13 Å². The standard InChI is InChI=1S/C25H26N4O5S2/c1-25(2,31)16-27-18-6-9-20(10-7-18)36(32,33)34-19-8-11-21-22(14-19)35-24(28-21)29-23(30)12-5-17-4-3-13-26-15-17/h3-4,6-11,13-15,27,31H,5,12,16H2,1-2H3,(H,28,29,30)/p+1. The summed E-state index contributed by atoms with van der Waals surface area (Å²) in [4.78, 5) is 20.9. The van der Waals surface area contributed by atoms with Crippen LogP contribution in [0.2, 0.25) is 0 Å². The fourth-order valence-electron chi connectivity index (χ4n) is 3.29. The van der Waals surface area contributed by atoms with Crippen LogP contribution in [0.3, 0.4) is 0 Å². The van der Waals surface area contributed by atoms with Gasteiger partial charge in [0.05, 0.1) is 22.2 Å². The predicted molar refractivity (Wildman–Crippen MR) is 138 cm³/mol. The van der Waals surface area contributed by atoms with Gasteiger partial charge in [-0.15, -0.1) is 0 Å². The Bertz CT molecular complexity index is 1450. The van der Waals surface area contributed by atoms with Crippen molar-refractivity contribution in [2.24, 2.45) is 0 Å². The minimum absolute atomic E-state index is 0.00828. The van der Waals surface area contributed by atoms with Crippen molar-refractivity contribution in [1.82, 2.24) is 9.97 Å². The molecule has 0 saturated carbocycles. The molecule has 0 bridgehead atoms. The molecule has 0 radical (unpaired) electrons. The molecule has 0 fully saturated rings. The molecule has 1 amide bonds. The van der Waals surface area contributed by atoms with E-state index in [0.29, 0.717) is 40.4 Å². The fraction of sp³-hybridized carbons (Fsp3) is 0.240. The Kier molecular flexibility index (Phi) is 7.65. The lowest BCUT2D eigenvalue weighted by molar-refractivity contribution is -0.483. The molecule has 0 unspecified atom stereocenters. The third-order valence-electron chi connectivity index (χ3n) is 5.12. The summed E-state index contributed by atoms with van der Waals surface area (Å²) in [5, 5.41) is 14.9. The summed E-state index contributed by atoms with van der Waals surface area (Å²) in [7, 11) is -4.05. The number of carbonyl (C=O) groups excluding carboxylic acids is 1. The number of aromatic nitrogens is 2. The van der Waals surface area contributed by atoms with Crippen molar-refractivity contribution < 1.29 is 27.8 Å². The average Bonchev–Trinajstić information content (AvgIpc) is 3.23. The Morgan fingerprint density at radius 3 is 2.64 bits per heavy atom. The molecule has 4 N–H and O–H groups in total. The van der Waals surface area contributed by atoms with Crippen molar-refractivity contribution in [3.05, 3.63) is 72.6 Å². The van der Waals surface area contributed by atoms with Crippen LogP contribution in [0.25, 0.3) is 10.2 Å². The maximum absolute atomic E-state index is 12.8. The van der Waals surface area contributed by atoms with Crippen molar-refractivity contribution >= 4 is 48.4 Å². The molecule has 4 aromatic rings. The third kappa shape index (κ3) is 7.08. The quantitative estimate of drug-likeness (QED) is 0.268. The van der Waals surface area contributed by atoms with E-state index in [9.17, 15) is 18.3 Å².